The second-order valence-electron chi connectivity index (χ2n) is 4.47. The number of nitrogens with one attached hydrogen (secondary N) is 2. The Kier molecular flexibility index (Phi) is 10.2. The number of ether oxygens (including phenoxy) is 2. The molecule has 2 amide bonds. The Morgan fingerprint density at radius 3 is 1.58 bits per heavy atom. The summed E-state index contributed by atoms with van der Waals surface area (Å²) in [6.07, 6.45) is 2.42. The number of rotatable bonds is 12. The molecule has 0 saturated heterocycles. The lowest BCUT2D eigenvalue weighted by Crippen LogP contribution is -2.30. The van der Waals surface area contributed by atoms with Crippen molar-refractivity contribution in [1.29, 1.82) is 0 Å². The summed E-state index contributed by atoms with van der Waals surface area (Å²) < 4.78 is 10.0. The van der Waals surface area contributed by atoms with Gasteiger partial charge in [-0.25, -0.2) is 9.97 Å². The first kappa shape index (κ1) is 19.9. The summed E-state index contributed by atoms with van der Waals surface area (Å²) in [6.45, 7) is 1.38. The van der Waals surface area contributed by atoms with Crippen molar-refractivity contribution in [2.45, 2.75) is 0 Å². The first-order chi connectivity index (χ1) is 11.7. The molecule has 24 heavy (non-hydrogen) atoms. The van der Waals surface area contributed by atoms with Gasteiger partial charge in [0.2, 0.25) is 0 Å². The predicted molar refractivity (Wildman–Crippen MR) is 82.5 cm³/mol. The summed E-state index contributed by atoms with van der Waals surface area (Å²) in [5.41, 5.74) is 0.167. The maximum atomic E-state index is 11.8. The van der Waals surface area contributed by atoms with Crippen LogP contribution in [0.4, 0.5) is 0 Å². The smallest absolute Gasteiger partial charge is 0.271 e. The molecule has 134 valence electrons. The zero-order valence-corrected chi connectivity index (χ0v) is 13.2. The number of aliphatic hydroxyl groups is 2. The molecular formula is C14H22N4O6. The molecule has 4 N–H and O–H groups in total. The zero-order chi connectivity index (χ0) is 17.6. The molecule has 1 aromatic heterocycles. The van der Waals surface area contributed by atoms with Crippen molar-refractivity contribution in [1.82, 2.24) is 20.6 Å². The molecule has 10 nitrogen and oxygen atoms in total. The van der Waals surface area contributed by atoms with Gasteiger partial charge in [-0.3, -0.25) is 9.59 Å². The van der Waals surface area contributed by atoms with Crippen LogP contribution in [0.2, 0.25) is 0 Å². The van der Waals surface area contributed by atoms with Gasteiger partial charge in [-0.2, -0.15) is 0 Å². The number of amides is 2. The fourth-order valence-corrected chi connectivity index (χ4v) is 1.55. The Morgan fingerprint density at radius 2 is 1.25 bits per heavy atom. The molecule has 0 bridgehead atoms. The molecule has 0 aliphatic carbocycles. The third kappa shape index (κ3) is 7.92. The van der Waals surface area contributed by atoms with E-state index >= 15 is 0 Å². The number of nitrogens with zero attached hydrogens (tertiary/aromatic N) is 2. The fraction of sp³-hybridized carbons (Fsp3) is 0.571. The summed E-state index contributed by atoms with van der Waals surface area (Å²) >= 11 is 0. The third-order valence-electron chi connectivity index (χ3n) is 2.65. The van der Waals surface area contributed by atoms with Gasteiger partial charge in [0.05, 0.1) is 52.0 Å². The monoisotopic (exact) mass is 342 g/mol. The second-order valence-corrected chi connectivity index (χ2v) is 4.47. The van der Waals surface area contributed by atoms with Crippen molar-refractivity contribution in [2.24, 2.45) is 0 Å². The van der Waals surface area contributed by atoms with E-state index in [2.05, 4.69) is 20.6 Å². The largest absolute Gasteiger partial charge is 0.394 e. The van der Waals surface area contributed by atoms with Crippen LogP contribution >= 0.6 is 0 Å². The molecule has 0 aliphatic heterocycles. The summed E-state index contributed by atoms with van der Waals surface area (Å²) in [4.78, 5) is 31.3. The highest BCUT2D eigenvalue weighted by atomic mass is 16.5. The van der Waals surface area contributed by atoms with Gasteiger partial charge >= 0.3 is 0 Å². The molecule has 1 heterocycles. The molecule has 1 rings (SSSR count). The van der Waals surface area contributed by atoms with Crippen molar-refractivity contribution in [2.75, 3.05) is 52.7 Å². The van der Waals surface area contributed by atoms with Crippen LogP contribution in [-0.2, 0) is 9.47 Å². The number of aliphatic hydroxyl groups excluding tert-OH is 2. The molecule has 10 heteroatoms. The van der Waals surface area contributed by atoms with Gasteiger partial charge in [-0.1, -0.05) is 0 Å². The summed E-state index contributed by atoms with van der Waals surface area (Å²) in [6, 6.07) is 0. The SMILES string of the molecule is O=C(NCCOCCO)c1cnc(C(=O)NCCOCCO)cn1. The van der Waals surface area contributed by atoms with E-state index in [1.54, 1.807) is 0 Å². The van der Waals surface area contributed by atoms with Gasteiger partial charge in [0, 0.05) is 13.1 Å². The number of aromatic nitrogens is 2. The molecule has 0 radical (unpaired) electrons. The van der Waals surface area contributed by atoms with E-state index in [4.69, 9.17) is 19.7 Å². The average Bonchev–Trinajstić information content (AvgIpc) is 2.61. The number of carbonyl (C=O) groups is 2. The van der Waals surface area contributed by atoms with Crippen molar-refractivity contribution >= 4 is 11.8 Å². The van der Waals surface area contributed by atoms with E-state index in [9.17, 15) is 9.59 Å². The van der Waals surface area contributed by atoms with E-state index in [0.717, 1.165) is 0 Å². The van der Waals surface area contributed by atoms with E-state index in [1.165, 1.54) is 12.4 Å². The molecular weight excluding hydrogens is 320 g/mol. The number of hydrogen-bond donors (Lipinski definition) is 4. The van der Waals surface area contributed by atoms with Gasteiger partial charge in [0.25, 0.3) is 11.8 Å². The lowest BCUT2D eigenvalue weighted by Gasteiger charge is -2.06. The van der Waals surface area contributed by atoms with Crippen LogP contribution in [0.3, 0.4) is 0 Å². The molecule has 1 aromatic rings. The Hall–Kier alpha value is -2.14. The summed E-state index contributed by atoms with van der Waals surface area (Å²) in [7, 11) is 0. The first-order valence-corrected chi connectivity index (χ1v) is 7.44. The van der Waals surface area contributed by atoms with Crippen LogP contribution in [0.1, 0.15) is 21.0 Å². The number of carbonyl (C=O) groups excluding carboxylic acids is 2. The molecule has 0 unspecified atom stereocenters. The van der Waals surface area contributed by atoms with E-state index in [0.29, 0.717) is 0 Å². The molecule has 0 aliphatic rings. The maximum Gasteiger partial charge on any atom is 0.271 e. The molecule has 0 spiro atoms. The average molecular weight is 342 g/mol. The minimum absolute atomic E-state index is 0.0729. The Morgan fingerprint density at radius 1 is 0.833 bits per heavy atom. The van der Waals surface area contributed by atoms with Gasteiger partial charge in [-0.05, 0) is 0 Å². The lowest BCUT2D eigenvalue weighted by molar-refractivity contribution is 0.0826. The van der Waals surface area contributed by atoms with Crippen molar-refractivity contribution < 1.29 is 29.3 Å². The molecule has 0 aromatic carbocycles. The molecule has 0 fully saturated rings. The van der Waals surface area contributed by atoms with Crippen LogP contribution in [0.15, 0.2) is 12.4 Å². The van der Waals surface area contributed by atoms with Crippen molar-refractivity contribution in [3.8, 4) is 0 Å². The highest BCUT2D eigenvalue weighted by molar-refractivity contribution is 5.94. The Labute approximate surface area is 139 Å². The van der Waals surface area contributed by atoms with Crippen LogP contribution in [-0.4, -0.2) is 84.7 Å². The van der Waals surface area contributed by atoms with Crippen LogP contribution < -0.4 is 10.6 Å². The van der Waals surface area contributed by atoms with Crippen LogP contribution in [0.25, 0.3) is 0 Å². The fourth-order valence-electron chi connectivity index (χ4n) is 1.55. The minimum atomic E-state index is -0.431. The van der Waals surface area contributed by atoms with E-state index in [-0.39, 0.29) is 64.1 Å². The summed E-state index contributed by atoms with van der Waals surface area (Å²) in [5.74, 6) is -0.862. The Bertz CT molecular complexity index is 452. The highest BCUT2D eigenvalue weighted by Crippen LogP contribution is 1.96. The van der Waals surface area contributed by atoms with E-state index < -0.39 is 11.8 Å². The van der Waals surface area contributed by atoms with Crippen molar-refractivity contribution in [3.05, 3.63) is 23.8 Å². The van der Waals surface area contributed by atoms with Gasteiger partial charge in [0.1, 0.15) is 11.4 Å². The maximum absolute atomic E-state index is 11.8. The van der Waals surface area contributed by atoms with Gasteiger partial charge < -0.3 is 30.3 Å². The van der Waals surface area contributed by atoms with Crippen LogP contribution in [0.5, 0.6) is 0 Å². The lowest BCUT2D eigenvalue weighted by atomic mass is 10.3. The second kappa shape index (κ2) is 12.3. The minimum Gasteiger partial charge on any atom is -0.394 e. The highest BCUT2D eigenvalue weighted by Gasteiger charge is 2.11. The quantitative estimate of drug-likeness (QED) is 0.318. The normalized spacial score (nSPS) is 10.4. The Balaban J connectivity index is 2.33. The molecule has 0 atom stereocenters. The van der Waals surface area contributed by atoms with Gasteiger partial charge in [-0.15, -0.1) is 0 Å². The first-order valence-electron chi connectivity index (χ1n) is 7.44. The van der Waals surface area contributed by atoms with E-state index in [1.807, 2.05) is 0 Å². The summed E-state index contributed by atoms with van der Waals surface area (Å²) in [5, 5.41) is 22.2. The van der Waals surface area contributed by atoms with Crippen LogP contribution in [0, 0.1) is 0 Å². The topological polar surface area (TPSA) is 143 Å². The van der Waals surface area contributed by atoms with Crippen molar-refractivity contribution in [3.63, 3.8) is 0 Å². The van der Waals surface area contributed by atoms with Gasteiger partial charge in [0.15, 0.2) is 0 Å². The standard InChI is InChI=1S/C14H22N4O6/c19-3-7-23-5-1-15-13(21)11-9-18-12(10-17-11)14(22)16-2-6-24-8-4-20/h9-10,19-20H,1-8H2,(H,15,21)(H,16,22). The predicted octanol–water partition coefficient (Wildman–Crippen LogP) is -2.05. The third-order valence-corrected chi connectivity index (χ3v) is 2.65. The number of hydrogen-bond acceptors (Lipinski definition) is 8. The molecule has 0 saturated carbocycles. The zero-order valence-electron chi connectivity index (χ0n) is 13.2.